The highest BCUT2D eigenvalue weighted by atomic mass is 32.2. The van der Waals surface area contributed by atoms with Gasteiger partial charge in [-0.25, -0.2) is 4.39 Å². The maximum absolute atomic E-state index is 13.3. The molecule has 2 aromatic carbocycles. The zero-order valence-electron chi connectivity index (χ0n) is 15.9. The number of thioether (sulfide) groups is 1. The Hall–Kier alpha value is -2.71. The van der Waals surface area contributed by atoms with Crippen molar-refractivity contribution >= 4 is 23.4 Å². The van der Waals surface area contributed by atoms with Crippen LogP contribution in [0.3, 0.4) is 0 Å². The van der Waals surface area contributed by atoms with Crippen molar-refractivity contribution < 1.29 is 9.18 Å². The topological polar surface area (TPSA) is 63.1 Å². The smallest absolute Gasteiger partial charge is 0.234 e. The Balaban J connectivity index is 1.49. The Bertz CT molecular complexity index is 972. The Morgan fingerprint density at radius 2 is 1.86 bits per heavy atom. The van der Waals surface area contributed by atoms with E-state index in [1.165, 1.54) is 36.7 Å². The van der Waals surface area contributed by atoms with Gasteiger partial charge in [-0.2, -0.15) is 0 Å². The molecule has 0 spiro atoms. The molecule has 1 aliphatic rings. The van der Waals surface area contributed by atoms with Gasteiger partial charge in [-0.15, -0.1) is 10.2 Å². The van der Waals surface area contributed by atoms with Crippen molar-refractivity contribution in [1.29, 1.82) is 0 Å². The number of nitrogens with one attached hydrogen (secondary N) is 1. The third-order valence-corrected chi connectivity index (χ3v) is 5.65. The van der Waals surface area contributed by atoms with Crippen molar-refractivity contribution in [3.8, 4) is 5.69 Å². The minimum absolute atomic E-state index is 0.158. The molecule has 0 aliphatic carbocycles. The summed E-state index contributed by atoms with van der Waals surface area (Å²) in [6.07, 6.45) is 2.42. The first-order valence-corrected chi connectivity index (χ1v) is 10.6. The van der Waals surface area contributed by atoms with Gasteiger partial charge in [0.15, 0.2) is 11.0 Å². The third kappa shape index (κ3) is 5.02. The fourth-order valence-electron chi connectivity index (χ4n) is 3.37. The van der Waals surface area contributed by atoms with Crippen molar-refractivity contribution in [2.45, 2.75) is 24.5 Å². The van der Waals surface area contributed by atoms with Gasteiger partial charge in [-0.1, -0.05) is 36.0 Å². The first-order chi connectivity index (χ1) is 14.2. The largest absolute Gasteiger partial charge is 0.325 e. The van der Waals surface area contributed by atoms with Gasteiger partial charge in [0.25, 0.3) is 0 Å². The molecule has 1 aromatic heterocycles. The first-order valence-electron chi connectivity index (χ1n) is 9.59. The van der Waals surface area contributed by atoms with E-state index in [2.05, 4.69) is 20.4 Å². The van der Waals surface area contributed by atoms with E-state index in [9.17, 15) is 9.18 Å². The fourth-order valence-corrected chi connectivity index (χ4v) is 4.14. The predicted octanol–water partition coefficient (Wildman–Crippen LogP) is 3.73. The first kappa shape index (κ1) is 19.6. The number of aromatic nitrogens is 3. The number of amides is 1. The second kappa shape index (κ2) is 9.19. The standard InChI is InChI=1S/C21H22FN5OS/c22-16-7-6-8-17(13-16)23-20(28)15-29-21-25-24-19(14-26-11-4-5-12-26)27(21)18-9-2-1-3-10-18/h1-3,6-10,13H,4-5,11-12,14-15H2,(H,23,28). The lowest BCUT2D eigenvalue weighted by Gasteiger charge is -2.16. The van der Waals surface area contributed by atoms with Crippen molar-refractivity contribution in [2.75, 3.05) is 24.2 Å². The minimum Gasteiger partial charge on any atom is -0.325 e. The van der Waals surface area contributed by atoms with Crippen LogP contribution in [0.5, 0.6) is 0 Å². The quantitative estimate of drug-likeness (QED) is 0.600. The van der Waals surface area contributed by atoms with Crippen molar-refractivity contribution in [3.63, 3.8) is 0 Å². The molecule has 3 aromatic rings. The molecule has 1 N–H and O–H groups in total. The number of hydrogen-bond acceptors (Lipinski definition) is 5. The van der Waals surface area contributed by atoms with Crippen LogP contribution in [0.15, 0.2) is 59.8 Å². The SMILES string of the molecule is O=C(CSc1nnc(CN2CCCC2)n1-c1ccccc1)Nc1cccc(F)c1. The molecule has 2 heterocycles. The van der Waals surface area contributed by atoms with Crippen molar-refractivity contribution in [2.24, 2.45) is 0 Å². The number of benzene rings is 2. The average Bonchev–Trinajstić information content (AvgIpc) is 3.37. The molecule has 8 heteroatoms. The van der Waals surface area contributed by atoms with E-state index in [0.717, 1.165) is 31.1 Å². The molecule has 0 radical (unpaired) electrons. The van der Waals surface area contributed by atoms with E-state index < -0.39 is 0 Å². The maximum Gasteiger partial charge on any atom is 0.234 e. The number of halogens is 1. The summed E-state index contributed by atoms with van der Waals surface area (Å²) in [6.45, 7) is 2.87. The molecule has 4 rings (SSSR count). The van der Waals surface area contributed by atoms with E-state index in [-0.39, 0.29) is 17.5 Å². The van der Waals surface area contributed by atoms with Crippen LogP contribution in [0.4, 0.5) is 10.1 Å². The van der Waals surface area contributed by atoms with Gasteiger partial charge in [0.1, 0.15) is 5.82 Å². The molecule has 0 atom stereocenters. The third-order valence-electron chi connectivity index (χ3n) is 4.72. The number of carbonyl (C=O) groups excluding carboxylic acids is 1. The van der Waals surface area contributed by atoms with Gasteiger partial charge < -0.3 is 5.32 Å². The van der Waals surface area contributed by atoms with Crippen molar-refractivity contribution in [3.05, 3.63) is 66.2 Å². The summed E-state index contributed by atoms with van der Waals surface area (Å²) in [6, 6.07) is 15.8. The van der Waals surface area contributed by atoms with Gasteiger partial charge >= 0.3 is 0 Å². The van der Waals surface area contributed by atoms with Crippen LogP contribution in [0.2, 0.25) is 0 Å². The lowest BCUT2D eigenvalue weighted by molar-refractivity contribution is -0.113. The predicted molar refractivity (Wildman–Crippen MR) is 112 cm³/mol. The number of para-hydroxylation sites is 1. The number of carbonyl (C=O) groups is 1. The fraction of sp³-hybridized carbons (Fsp3) is 0.286. The Kier molecular flexibility index (Phi) is 6.21. The Morgan fingerprint density at radius 1 is 1.07 bits per heavy atom. The Morgan fingerprint density at radius 3 is 2.62 bits per heavy atom. The second-order valence-corrected chi connectivity index (χ2v) is 7.84. The summed E-state index contributed by atoms with van der Waals surface area (Å²) < 4.78 is 15.3. The molecule has 0 bridgehead atoms. The highest BCUT2D eigenvalue weighted by molar-refractivity contribution is 7.99. The monoisotopic (exact) mass is 411 g/mol. The maximum atomic E-state index is 13.3. The van der Waals surface area contributed by atoms with E-state index in [1.807, 2.05) is 34.9 Å². The van der Waals surface area contributed by atoms with Crippen LogP contribution in [-0.2, 0) is 11.3 Å². The molecular weight excluding hydrogens is 389 g/mol. The number of anilines is 1. The molecule has 29 heavy (non-hydrogen) atoms. The van der Waals surface area contributed by atoms with Crippen LogP contribution in [0.25, 0.3) is 5.69 Å². The number of rotatable bonds is 7. The van der Waals surface area contributed by atoms with E-state index in [0.29, 0.717) is 10.8 Å². The summed E-state index contributed by atoms with van der Waals surface area (Å²) in [7, 11) is 0. The molecule has 6 nitrogen and oxygen atoms in total. The zero-order chi connectivity index (χ0) is 20.1. The van der Waals surface area contributed by atoms with Crippen LogP contribution in [-0.4, -0.2) is 44.4 Å². The van der Waals surface area contributed by atoms with Gasteiger partial charge in [-0.05, 0) is 56.3 Å². The molecule has 0 saturated carbocycles. The molecule has 1 saturated heterocycles. The average molecular weight is 412 g/mol. The van der Waals surface area contributed by atoms with Crippen LogP contribution in [0.1, 0.15) is 18.7 Å². The molecule has 0 unspecified atom stereocenters. The summed E-state index contributed by atoms with van der Waals surface area (Å²) in [5.41, 5.74) is 1.41. The highest BCUT2D eigenvalue weighted by Crippen LogP contribution is 2.24. The van der Waals surface area contributed by atoms with Gasteiger partial charge in [-0.3, -0.25) is 14.3 Å². The molecule has 1 amide bonds. The minimum atomic E-state index is -0.383. The van der Waals surface area contributed by atoms with Crippen LogP contribution >= 0.6 is 11.8 Å². The lowest BCUT2D eigenvalue weighted by atomic mass is 10.3. The molecule has 1 fully saturated rings. The highest BCUT2D eigenvalue weighted by Gasteiger charge is 2.20. The van der Waals surface area contributed by atoms with Gasteiger partial charge in [0.2, 0.25) is 5.91 Å². The van der Waals surface area contributed by atoms with E-state index >= 15 is 0 Å². The second-order valence-electron chi connectivity index (χ2n) is 6.90. The number of hydrogen-bond donors (Lipinski definition) is 1. The van der Waals surface area contributed by atoms with Gasteiger partial charge in [0.05, 0.1) is 12.3 Å². The number of likely N-dealkylation sites (tertiary alicyclic amines) is 1. The summed E-state index contributed by atoms with van der Waals surface area (Å²) in [4.78, 5) is 14.7. The molecule has 1 aliphatic heterocycles. The van der Waals surface area contributed by atoms with Crippen LogP contribution in [0, 0.1) is 5.82 Å². The summed E-state index contributed by atoms with van der Waals surface area (Å²) >= 11 is 1.32. The molecule has 150 valence electrons. The summed E-state index contributed by atoms with van der Waals surface area (Å²) in [5, 5.41) is 12.1. The Labute approximate surface area is 173 Å². The van der Waals surface area contributed by atoms with Crippen molar-refractivity contribution in [1.82, 2.24) is 19.7 Å². The zero-order valence-corrected chi connectivity index (χ0v) is 16.7. The van der Waals surface area contributed by atoms with Gasteiger partial charge in [0, 0.05) is 11.4 Å². The lowest BCUT2D eigenvalue weighted by Crippen LogP contribution is -2.21. The summed E-state index contributed by atoms with van der Waals surface area (Å²) in [5.74, 6) is 0.423. The van der Waals surface area contributed by atoms with E-state index in [1.54, 1.807) is 12.1 Å². The van der Waals surface area contributed by atoms with E-state index in [4.69, 9.17) is 0 Å². The molecular formula is C21H22FN5OS. The van der Waals surface area contributed by atoms with Crippen LogP contribution < -0.4 is 5.32 Å². The normalized spacial score (nSPS) is 14.2. The number of nitrogens with zero attached hydrogens (tertiary/aromatic N) is 4.